The van der Waals surface area contributed by atoms with Crippen molar-refractivity contribution in [2.24, 2.45) is 0 Å². The maximum absolute atomic E-state index is 12.2. The van der Waals surface area contributed by atoms with Gasteiger partial charge in [-0.3, -0.25) is 4.79 Å². The molecule has 0 atom stereocenters. The number of halogens is 1. The number of amides is 1. The summed E-state index contributed by atoms with van der Waals surface area (Å²) in [7, 11) is -3.43. The number of ether oxygens (including phenoxy) is 1. The molecule has 0 aliphatic rings. The Morgan fingerprint density at radius 2 is 1.72 bits per heavy atom. The lowest BCUT2D eigenvalue weighted by Gasteiger charge is -2.13. The first-order valence-electron chi connectivity index (χ1n) is 9.47. The van der Waals surface area contributed by atoms with E-state index in [-0.39, 0.29) is 24.2 Å². The summed E-state index contributed by atoms with van der Waals surface area (Å²) in [5.74, 6) is 0.481. The summed E-state index contributed by atoms with van der Waals surface area (Å²) in [6, 6.07) is 14.1. The van der Waals surface area contributed by atoms with Gasteiger partial charge in [0.25, 0.3) is 0 Å². The molecule has 0 saturated heterocycles. The summed E-state index contributed by atoms with van der Waals surface area (Å²) in [6.45, 7) is 4.26. The first kappa shape index (κ1) is 23.2. The Balaban J connectivity index is 1.79. The fourth-order valence-corrected chi connectivity index (χ4v) is 4.33. The smallest absolute Gasteiger partial charge is 0.220 e. The number of nitrogens with one attached hydrogen (secondary N) is 2. The fourth-order valence-electron chi connectivity index (χ4n) is 2.71. The first-order valence-corrected chi connectivity index (χ1v) is 11.5. The Morgan fingerprint density at radius 3 is 2.38 bits per heavy atom. The van der Waals surface area contributed by atoms with Crippen molar-refractivity contribution in [3.05, 3.63) is 64.7 Å². The van der Waals surface area contributed by atoms with E-state index >= 15 is 0 Å². The van der Waals surface area contributed by atoms with E-state index < -0.39 is 10.0 Å². The average molecular weight is 439 g/mol. The Kier molecular flexibility index (Phi) is 8.95. The van der Waals surface area contributed by atoms with Gasteiger partial charge >= 0.3 is 0 Å². The van der Waals surface area contributed by atoms with Crippen molar-refractivity contribution in [1.29, 1.82) is 0 Å². The minimum absolute atomic E-state index is 0.109. The molecule has 0 radical (unpaired) electrons. The minimum Gasteiger partial charge on any atom is -0.494 e. The molecular formula is C21H27ClN2O4S. The van der Waals surface area contributed by atoms with E-state index in [1.807, 2.05) is 12.1 Å². The van der Waals surface area contributed by atoms with Gasteiger partial charge < -0.3 is 10.1 Å². The molecule has 0 heterocycles. The molecule has 0 bridgehead atoms. The normalized spacial score (nSPS) is 11.4. The van der Waals surface area contributed by atoms with Crippen molar-refractivity contribution in [2.45, 2.75) is 45.0 Å². The highest BCUT2D eigenvalue weighted by Gasteiger charge is 2.15. The molecule has 6 nitrogen and oxygen atoms in total. The summed E-state index contributed by atoms with van der Waals surface area (Å²) in [5.41, 5.74) is 1.46. The third kappa shape index (κ3) is 8.85. The zero-order valence-corrected chi connectivity index (χ0v) is 18.2. The molecule has 0 aliphatic carbocycles. The number of hydrogen-bond donors (Lipinski definition) is 2. The number of carbonyl (C=O) groups excluding carboxylic acids is 1. The maximum atomic E-state index is 12.2. The molecule has 2 aromatic carbocycles. The molecule has 8 heteroatoms. The number of carbonyl (C=O) groups is 1. The predicted molar refractivity (Wildman–Crippen MR) is 115 cm³/mol. The lowest BCUT2D eigenvalue weighted by Crippen LogP contribution is -2.32. The van der Waals surface area contributed by atoms with E-state index in [9.17, 15) is 13.2 Å². The van der Waals surface area contributed by atoms with Gasteiger partial charge in [0.1, 0.15) is 5.75 Å². The Morgan fingerprint density at radius 1 is 1.07 bits per heavy atom. The van der Waals surface area contributed by atoms with Gasteiger partial charge in [0.15, 0.2) is 0 Å². The van der Waals surface area contributed by atoms with Crippen LogP contribution in [0.2, 0.25) is 5.02 Å². The lowest BCUT2D eigenvalue weighted by atomic mass is 10.1. The number of benzene rings is 2. The van der Waals surface area contributed by atoms with Crippen molar-refractivity contribution < 1.29 is 17.9 Å². The van der Waals surface area contributed by atoms with Crippen molar-refractivity contribution >= 4 is 27.5 Å². The largest absolute Gasteiger partial charge is 0.494 e. The van der Waals surface area contributed by atoms with E-state index in [0.29, 0.717) is 35.8 Å². The molecule has 2 aromatic rings. The van der Waals surface area contributed by atoms with Crippen LogP contribution in [-0.4, -0.2) is 27.0 Å². The number of rotatable bonds is 11. The monoisotopic (exact) mass is 438 g/mol. The molecule has 2 N–H and O–H groups in total. The molecule has 0 saturated carbocycles. The summed E-state index contributed by atoms with van der Waals surface area (Å²) < 4.78 is 32.5. The highest BCUT2D eigenvalue weighted by Crippen LogP contribution is 2.16. The van der Waals surface area contributed by atoms with Gasteiger partial charge in [-0.05, 0) is 55.7 Å². The Bertz CT molecular complexity index is 899. The van der Waals surface area contributed by atoms with E-state index in [4.69, 9.17) is 16.3 Å². The molecule has 29 heavy (non-hydrogen) atoms. The molecule has 158 valence electrons. The topological polar surface area (TPSA) is 84.5 Å². The van der Waals surface area contributed by atoms with Crippen LogP contribution < -0.4 is 14.8 Å². The fraction of sp³-hybridized carbons (Fsp3) is 0.381. The zero-order valence-electron chi connectivity index (χ0n) is 16.7. The molecule has 1 amide bonds. The third-order valence-electron chi connectivity index (χ3n) is 3.99. The van der Waals surface area contributed by atoms with Gasteiger partial charge in [0, 0.05) is 24.0 Å². The highest BCUT2D eigenvalue weighted by molar-refractivity contribution is 7.88. The molecule has 0 unspecified atom stereocenters. The van der Waals surface area contributed by atoms with E-state index in [0.717, 1.165) is 5.56 Å². The van der Waals surface area contributed by atoms with Crippen LogP contribution >= 0.6 is 11.6 Å². The van der Waals surface area contributed by atoms with Crippen LogP contribution in [0.1, 0.15) is 37.8 Å². The van der Waals surface area contributed by atoms with Crippen LogP contribution in [0.5, 0.6) is 5.75 Å². The van der Waals surface area contributed by atoms with E-state index in [1.54, 1.807) is 50.2 Å². The number of sulfonamides is 1. The summed E-state index contributed by atoms with van der Waals surface area (Å²) in [4.78, 5) is 12.1. The summed E-state index contributed by atoms with van der Waals surface area (Å²) >= 11 is 5.82. The van der Waals surface area contributed by atoms with Crippen molar-refractivity contribution in [2.75, 3.05) is 6.61 Å². The van der Waals surface area contributed by atoms with Crippen LogP contribution in [0.4, 0.5) is 0 Å². The molecule has 0 aromatic heterocycles. The average Bonchev–Trinajstić information content (AvgIpc) is 2.64. The van der Waals surface area contributed by atoms with Crippen LogP contribution in [0.25, 0.3) is 0 Å². The molecule has 0 spiro atoms. The molecular weight excluding hydrogens is 412 g/mol. The first-order chi connectivity index (χ1) is 13.7. The SMILES string of the molecule is CC(C)NS(=O)(=O)Cc1ccccc1CNC(=O)CCCOc1ccc(Cl)cc1. The van der Waals surface area contributed by atoms with E-state index in [1.165, 1.54) is 0 Å². The van der Waals surface area contributed by atoms with Gasteiger partial charge in [-0.1, -0.05) is 35.9 Å². The van der Waals surface area contributed by atoms with Gasteiger partial charge in [-0.15, -0.1) is 0 Å². The second kappa shape index (κ2) is 11.2. The number of hydrogen-bond acceptors (Lipinski definition) is 4. The minimum atomic E-state index is -3.43. The van der Waals surface area contributed by atoms with E-state index in [2.05, 4.69) is 10.0 Å². The summed E-state index contributed by atoms with van der Waals surface area (Å²) in [6.07, 6.45) is 0.895. The van der Waals surface area contributed by atoms with Crippen molar-refractivity contribution in [1.82, 2.24) is 10.0 Å². The lowest BCUT2D eigenvalue weighted by molar-refractivity contribution is -0.121. The molecule has 2 rings (SSSR count). The second-order valence-electron chi connectivity index (χ2n) is 6.98. The Labute approximate surface area is 177 Å². The van der Waals surface area contributed by atoms with Crippen LogP contribution in [0, 0.1) is 0 Å². The van der Waals surface area contributed by atoms with Crippen molar-refractivity contribution in [3.63, 3.8) is 0 Å². The maximum Gasteiger partial charge on any atom is 0.220 e. The van der Waals surface area contributed by atoms with Crippen LogP contribution in [0.3, 0.4) is 0 Å². The standard InChI is InChI=1S/C21H27ClN2O4S/c1-16(2)24-29(26,27)15-18-7-4-3-6-17(18)14-23-21(25)8-5-13-28-20-11-9-19(22)10-12-20/h3-4,6-7,9-12,16,24H,5,8,13-15H2,1-2H3,(H,23,25). The highest BCUT2D eigenvalue weighted by atomic mass is 35.5. The van der Waals surface area contributed by atoms with Gasteiger partial charge in [0.05, 0.1) is 12.4 Å². The van der Waals surface area contributed by atoms with Gasteiger partial charge in [-0.25, -0.2) is 13.1 Å². The quantitative estimate of drug-likeness (QED) is 0.524. The molecule has 0 fully saturated rings. The van der Waals surface area contributed by atoms with Gasteiger partial charge in [-0.2, -0.15) is 0 Å². The van der Waals surface area contributed by atoms with Crippen LogP contribution in [0.15, 0.2) is 48.5 Å². The second-order valence-corrected chi connectivity index (χ2v) is 9.17. The van der Waals surface area contributed by atoms with Crippen LogP contribution in [-0.2, 0) is 27.1 Å². The predicted octanol–water partition coefficient (Wildman–Crippen LogP) is 3.64. The Hall–Kier alpha value is -2.09. The third-order valence-corrected chi connectivity index (χ3v) is 5.76. The summed E-state index contributed by atoms with van der Waals surface area (Å²) in [5, 5.41) is 3.49. The van der Waals surface area contributed by atoms with Gasteiger partial charge in [0.2, 0.25) is 15.9 Å². The van der Waals surface area contributed by atoms with Crippen molar-refractivity contribution in [3.8, 4) is 5.75 Å². The zero-order chi connectivity index (χ0) is 21.3. The molecule has 0 aliphatic heterocycles.